The van der Waals surface area contributed by atoms with E-state index in [1.165, 1.54) is 38.5 Å². The monoisotopic (exact) mass is 340 g/mol. The number of carbonyl (C=O) groups excluding carboxylic acids is 1. The van der Waals surface area contributed by atoms with Crippen molar-refractivity contribution in [1.29, 1.82) is 0 Å². The van der Waals surface area contributed by atoms with E-state index in [1.54, 1.807) is 0 Å². The molecule has 0 radical (unpaired) electrons. The fraction of sp³-hybridized carbons (Fsp3) is 0.900. The Morgan fingerprint density at radius 1 is 0.958 bits per heavy atom. The molecule has 1 aliphatic carbocycles. The highest BCUT2D eigenvalue weighted by Crippen LogP contribution is 2.29. The van der Waals surface area contributed by atoms with Gasteiger partial charge in [-0.1, -0.05) is 58.8 Å². The zero-order valence-corrected chi connectivity index (χ0v) is 15.6. The summed E-state index contributed by atoms with van der Waals surface area (Å²) in [5.74, 6) is -0.344. The Balaban J connectivity index is 2.04. The van der Waals surface area contributed by atoms with Crippen LogP contribution < -0.4 is 0 Å². The third-order valence-electron chi connectivity index (χ3n) is 5.45. The highest BCUT2D eigenvalue weighted by atomic mass is 16.5. The second-order valence-electron chi connectivity index (χ2n) is 7.32. The Morgan fingerprint density at radius 3 is 2.17 bits per heavy atom. The molecule has 1 atom stereocenters. The van der Waals surface area contributed by atoms with Gasteiger partial charge < -0.3 is 9.84 Å². The van der Waals surface area contributed by atoms with E-state index in [9.17, 15) is 9.59 Å². The third kappa shape index (κ3) is 8.16. The van der Waals surface area contributed by atoms with Crippen molar-refractivity contribution in [2.45, 2.75) is 90.9 Å². The predicted molar refractivity (Wildman–Crippen MR) is 95.8 cm³/mol. The molecule has 1 N–H and O–H groups in total. The fourth-order valence-electron chi connectivity index (χ4n) is 3.62. The molecule has 1 rings (SSSR count). The molecular weight excluding hydrogens is 304 g/mol. The Bertz CT molecular complexity index is 359. The number of carboxylic acids is 1. The van der Waals surface area contributed by atoms with E-state index >= 15 is 0 Å². The minimum absolute atomic E-state index is 0.0842. The summed E-state index contributed by atoms with van der Waals surface area (Å²) in [6, 6.07) is 0. The first kappa shape index (κ1) is 21.0. The van der Waals surface area contributed by atoms with Crippen molar-refractivity contribution in [3.63, 3.8) is 0 Å². The maximum absolute atomic E-state index is 12.0. The smallest absolute Gasteiger partial charge is 0.308 e. The van der Waals surface area contributed by atoms with E-state index in [2.05, 4.69) is 13.8 Å². The van der Waals surface area contributed by atoms with Gasteiger partial charge in [-0.15, -0.1) is 0 Å². The van der Waals surface area contributed by atoms with Gasteiger partial charge in [0.15, 0.2) is 0 Å². The number of aliphatic carboxylic acids is 1. The third-order valence-corrected chi connectivity index (χ3v) is 5.45. The molecule has 0 spiro atoms. The van der Waals surface area contributed by atoms with Gasteiger partial charge in [-0.2, -0.15) is 0 Å². The van der Waals surface area contributed by atoms with E-state index in [-0.39, 0.29) is 17.8 Å². The van der Waals surface area contributed by atoms with E-state index in [1.807, 2.05) is 0 Å². The van der Waals surface area contributed by atoms with Crippen molar-refractivity contribution < 1.29 is 19.4 Å². The van der Waals surface area contributed by atoms with Crippen LogP contribution in [0.25, 0.3) is 0 Å². The molecule has 0 aromatic heterocycles. The highest BCUT2D eigenvalue weighted by Gasteiger charge is 2.30. The summed E-state index contributed by atoms with van der Waals surface area (Å²) in [4.78, 5) is 22.9. The van der Waals surface area contributed by atoms with Gasteiger partial charge in [0.1, 0.15) is 0 Å². The van der Waals surface area contributed by atoms with Crippen LogP contribution in [0.2, 0.25) is 0 Å². The molecular formula is C20H36O4. The lowest BCUT2D eigenvalue weighted by atomic mass is 9.82. The van der Waals surface area contributed by atoms with Crippen molar-refractivity contribution in [2.75, 3.05) is 6.61 Å². The molecule has 0 amide bonds. The van der Waals surface area contributed by atoms with Gasteiger partial charge in [-0.25, -0.2) is 0 Å². The van der Waals surface area contributed by atoms with Crippen molar-refractivity contribution in [2.24, 2.45) is 17.8 Å². The second-order valence-corrected chi connectivity index (χ2v) is 7.32. The van der Waals surface area contributed by atoms with Crippen molar-refractivity contribution in [1.82, 2.24) is 0 Å². The van der Waals surface area contributed by atoms with Gasteiger partial charge in [-0.3, -0.25) is 9.59 Å². The lowest BCUT2D eigenvalue weighted by Crippen LogP contribution is -2.27. The number of carboxylic acid groups (broad SMARTS) is 1. The number of hydrogen-bond donors (Lipinski definition) is 1. The van der Waals surface area contributed by atoms with E-state index in [0.29, 0.717) is 32.3 Å². The van der Waals surface area contributed by atoms with Gasteiger partial charge in [0.25, 0.3) is 0 Å². The molecule has 0 aliphatic heterocycles. The average molecular weight is 341 g/mol. The lowest BCUT2D eigenvalue weighted by molar-refractivity contribution is -0.152. The number of ether oxygens (including phenoxy) is 1. The Hall–Kier alpha value is -1.06. The lowest BCUT2D eigenvalue weighted by Gasteiger charge is -2.24. The molecule has 1 aliphatic rings. The van der Waals surface area contributed by atoms with Gasteiger partial charge in [0.2, 0.25) is 0 Å². The van der Waals surface area contributed by atoms with Gasteiger partial charge in [0, 0.05) is 0 Å². The first-order valence-electron chi connectivity index (χ1n) is 9.97. The summed E-state index contributed by atoms with van der Waals surface area (Å²) in [5, 5.41) is 8.98. The van der Waals surface area contributed by atoms with E-state index < -0.39 is 5.97 Å². The van der Waals surface area contributed by atoms with Gasteiger partial charge in [-0.05, 0) is 38.0 Å². The van der Waals surface area contributed by atoms with Gasteiger partial charge in [0.05, 0.1) is 18.4 Å². The molecule has 0 heterocycles. The van der Waals surface area contributed by atoms with Crippen LogP contribution in [0, 0.1) is 17.8 Å². The predicted octanol–water partition coefficient (Wildman–Crippen LogP) is 5.20. The van der Waals surface area contributed by atoms with Crippen LogP contribution in [-0.2, 0) is 14.3 Å². The standard InChI is InChI=1S/C20H36O4/c1-3-5-9-16(4-2)10-7-6-8-15-24-20(23)18-13-11-17(12-14-18)19(21)22/h16-18H,3-15H2,1-2H3,(H,21,22). The minimum Gasteiger partial charge on any atom is -0.481 e. The molecule has 1 unspecified atom stereocenters. The topological polar surface area (TPSA) is 63.6 Å². The van der Waals surface area contributed by atoms with E-state index in [0.717, 1.165) is 18.8 Å². The first-order chi connectivity index (χ1) is 11.6. The Labute approximate surface area is 147 Å². The van der Waals surface area contributed by atoms with Crippen LogP contribution in [-0.4, -0.2) is 23.7 Å². The molecule has 0 bridgehead atoms. The van der Waals surface area contributed by atoms with Crippen molar-refractivity contribution in [3.05, 3.63) is 0 Å². The molecule has 0 aromatic carbocycles. The molecule has 140 valence electrons. The van der Waals surface area contributed by atoms with Crippen LogP contribution in [0.4, 0.5) is 0 Å². The maximum Gasteiger partial charge on any atom is 0.308 e. The van der Waals surface area contributed by atoms with Crippen LogP contribution in [0.15, 0.2) is 0 Å². The number of unbranched alkanes of at least 4 members (excludes halogenated alkanes) is 3. The van der Waals surface area contributed by atoms with Crippen LogP contribution in [0.5, 0.6) is 0 Å². The molecule has 0 saturated heterocycles. The fourth-order valence-corrected chi connectivity index (χ4v) is 3.62. The molecule has 4 heteroatoms. The molecule has 1 saturated carbocycles. The van der Waals surface area contributed by atoms with Gasteiger partial charge >= 0.3 is 11.9 Å². The normalized spacial score (nSPS) is 22.1. The zero-order valence-electron chi connectivity index (χ0n) is 15.6. The van der Waals surface area contributed by atoms with Crippen LogP contribution in [0.1, 0.15) is 90.9 Å². The number of hydrogen-bond acceptors (Lipinski definition) is 3. The van der Waals surface area contributed by atoms with Crippen molar-refractivity contribution >= 4 is 11.9 Å². The SMILES string of the molecule is CCCCC(CC)CCCCCOC(=O)C1CCC(C(=O)O)CC1. The molecule has 0 aromatic rings. The second kappa shape index (κ2) is 12.3. The highest BCUT2D eigenvalue weighted by molar-refractivity contribution is 5.74. The quantitative estimate of drug-likeness (QED) is 0.392. The first-order valence-corrected chi connectivity index (χ1v) is 9.97. The summed E-state index contributed by atoms with van der Waals surface area (Å²) in [6.07, 6.45) is 12.3. The van der Waals surface area contributed by atoms with Crippen molar-refractivity contribution in [3.8, 4) is 0 Å². The molecule has 4 nitrogen and oxygen atoms in total. The minimum atomic E-state index is -0.730. The summed E-state index contributed by atoms with van der Waals surface area (Å²) in [7, 11) is 0. The maximum atomic E-state index is 12.0. The molecule has 1 fully saturated rings. The molecule has 24 heavy (non-hydrogen) atoms. The Kier molecular flexibility index (Phi) is 10.8. The summed E-state index contributed by atoms with van der Waals surface area (Å²) in [5.41, 5.74) is 0. The summed E-state index contributed by atoms with van der Waals surface area (Å²) in [6.45, 7) is 5.04. The largest absolute Gasteiger partial charge is 0.481 e. The van der Waals surface area contributed by atoms with Crippen LogP contribution in [0.3, 0.4) is 0 Å². The zero-order chi connectivity index (χ0) is 17.8. The number of esters is 1. The summed E-state index contributed by atoms with van der Waals surface area (Å²) < 4.78 is 5.39. The summed E-state index contributed by atoms with van der Waals surface area (Å²) >= 11 is 0. The van der Waals surface area contributed by atoms with Crippen LogP contribution >= 0.6 is 0 Å². The number of rotatable bonds is 12. The number of carbonyl (C=O) groups is 2. The van der Waals surface area contributed by atoms with E-state index in [4.69, 9.17) is 9.84 Å². The average Bonchev–Trinajstić information content (AvgIpc) is 2.60. The Morgan fingerprint density at radius 2 is 1.58 bits per heavy atom.